The second-order valence-corrected chi connectivity index (χ2v) is 7.45. The third-order valence-corrected chi connectivity index (χ3v) is 4.34. The van der Waals surface area contributed by atoms with Gasteiger partial charge in [0, 0.05) is 17.6 Å². The van der Waals surface area contributed by atoms with Crippen LogP contribution in [0.1, 0.15) is 33.3 Å². The molecule has 0 spiro atoms. The van der Waals surface area contributed by atoms with Crippen molar-refractivity contribution < 1.29 is 19.0 Å². The summed E-state index contributed by atoms with van der Waals surface area (Å²) in [5, 5.41) is 5.77. The molecule has 28 heavy (non-hydrogen) atoms. The molecule has 2 rings (SSSR count). The van der Waals surface area contributed by atoms with E-state index in [1.165, 1.54) is 0 Å². The largest absolute Gasteiger partial charge is 0.493 e. The van der Waals surface area contributed by atoms with E-state index < -0.39 is 0 Å². The molecular formula is C22H30N2O4. The number of ether oxygens (including phenoxy) is 3. The van der Waals surface area contributed by atoms with Crippen molar-refractivity contribution >= 4 is 11.7 Å². The summed E-state index contributed by atoms with van der Waals surface area (Å²) in [5.74, 6) is 2.12. The highest BCUT2D eigenvalue weighted by molar-refractivity contribution is 5.89. The molecule has 6 heteroatoms. The van der Waals surface area contributed by atoms with Crippen molar-refractivity contribution in [3.05, 3.63) is 48.0 Å². The van der Waals surface area contributed by atoms with E-state index in [2.05, 4.69) is 24.5 Å². The minimum Gasteiger partial charge on any atom is -0.493 e. The maximum absolute atomic E-state index is 12.3. The van der Waals surface area contributed by atoms with Gasteiger partial charge in [-0.25, -0.2) is 4.79 Å². The van der Waals surface area contributed by atoms with Gasteiger partial charge in [0.05, 0.1) is 20.3 Å². The lowest BCUT2D eigenvalue weighted by molar-refractivity contribution is 0.242. The molecule has 0 bridgehead atoms. The molecule has 152 valence electrons. The van der Waals surface area contributed by atoms with Crippen molar-refractivity contribution in [1.29, 1.82) is 0 Å². The van der Waals surface area contributed by atoms with Crippen LogP contribution >= 0.6 is 0 Å². The molecule has 0 atom stereocenters. The zero-order valence-electron chi connectivity index (χ0n) is 17.5. The zero-order chi connectivity index (χ0) is 20.7. The van der Waals surface area contributed by atoms with E-state index >= 15 is 0 Å². The van der Waals surface area contributed by atoms with Crippen molar-refractivity contribution in [3.8, 4) is 17.2 Å². The third-order valence-electron chi connectivity index (χ3n) is 4.34. The molecule has 2 N–H and O–H groups in total. The molecule has 0 fully saturated rings. The minimum atomic E-state index is -0.286. The molecule has 0 heterocycles. The molecule has 2 aromatic rings. The van der Waals surface area contributed by atoms with Gasteiger partial charge < -0.3 is 24.8 Å². The Labute approximate surface area is 167 Å². The molecule has 6 nitrogen and oxygen atoms in total. The Kier molecular flexibility index (Phi) is 7.15. The molecule has 2 amide bonds. The van der Waals surface area contributed by atoms with Gasteiger partial charge in [0.2, 0.25) is 0 Å². The number of hydrogen-bond donors (Lipinski definition) is 2. The highest BCUT2D eigenvalue weighted by Crippen LogP contribution is 2.32. The van der Waals surface area contributed by atoms with E-state index in [0.29, 0.717) is 23.7 Å². The van der Waals surface area contributed by atoms with Crippen molar-refractivity contribution in [2.75, 3.05) is 26.1 Å². The Balaban J connectivity index is 1.95. The van der Waals surface area contributed by atoms with E-state index in [-0.39, 0.29) is 17.6 Å². The molecular weight excluding hydrogens is 356 g/mol. The van der Waals surface area contributed by atoms with E-state index in [1.807, 2.05) is 56.3 Å². The van der Waals surface area contributed by atoms with Crippen molar-refractivity contribution in [2.24, 2.45) is 0 Å². The van der Waals surface area contributed by atoms with Gasteiger partial charge in [-0.05, 0) is 55.8 Å². The normalized spacial score (nSPS) is 11.1. The Hall–Kier alpha value is -2.89. The summed E-state index contributed by atoms with van der Waals surface area (Å²) in [6.45, 7) is 8.53. The average molecular weight is 386 g/mol. The summed E-state index contributed by atoms with van der Waals surface area (Å²) < 4.78 is 16.3. The zero-order valence-corrected chi connectivity index (χ0v) is 17.5. The van der Waals surface area contributed by atoms with Crippen LogP contribution in [0.4, 0.5) is 10.5 Å². The second-order valence-electron chi connectivity index (χ2n) is 7.45. The molecule has 0 unspecified atom stereocenters. The summed E-state index contributed by atoms with van der Waals surface area (Å²) >= 11 is 0. The maximum atomic E-state index is 12.3. The average Bonchev–Trinajstić information content (AvgIpc) is 2.67. The summed E-state index contributed by atoms with van der Waals surface area (Å²) in [5.41, 5.74) is 1.46. The maximum Gasteiger partial charge on any atom is 0.319 e. The van der Waals surface area contributed by atoms with Gasteiger partial charge in [-0.2, -0.15) is 0 Å². The number of benzene rings is 2. The lowest BCUT2D eigenvalue weighted by Gasteiger charge is -2.26. The molecule has 0 saturated heterocycles. The van der Waals surface area contributed by atoms with Crippen LogP contribution in [-0.4, -0.2) is 32.9 Å². The number of nitrogens with one attached hydrogen (secondary N) is 2. The summed E-state index contributed by atoms with van der Waals surface area (Å²) in [4.78, 5) is 12.3. The molecule has 0 aliphatic rings. The lowest BCUT2D eigenvalue weighted by atomic mass is 9.84. The van der Waals surface area contributed by atoms with Crippen molar-refractivity contribution in [2.45, 2.75) is 39.2 Å². The van der Waals surface area contributed by atoms with Crippen molar-refractivity contribution in [3.63, 3.8) is 0 Å². The van der Waals surface area contributed by atoms with E-state index in [1.54, 1.807) is 14.2 Å². The quantitative estimate of drug-likeness (QED) is 0.696. The molecule has 0 radical (unpaired) electrons. The van der Waals surface area contributed by atoms with Crippen LogP contribution in [0.15, 0.2) is 42.5 Å². The monoisotopic (exact) mass is 386 g/mol. The molecule has 0 saturated carbocycles. The number of hydrogen-bond acceptors (Lipinski definition) is 4. The van der Waals surface area contributed by atoms with E-state index in [4.69, 9.17) is 14.2 Å². The third kappa shape index (κ3) is 5.81. The van der Waals surface area contributed by atoms with E-state index in [0.717, 1.165) is 11.3 Å². The second kappa shape index (κ2) is 9.35. The molecule has 0 aliphatic carbocycles. The summed E-state index contributed by atoms with van der Waals surface area (Å²) in [6.07, 6.45) is 0.112. The lowest BCUT2D eigenvalue weighted by Crippen LogP contribution is -2.39. The SMILES string of the molecule is COc1ccc(C(C)(C)CNC(=O)Nc2ccc(OC(C)C)cc2)cc1OC. The first-order valence-corrected chi connectivity index (χ1v) is 9.29. The number of amides is 2. The Morgan fingerprint density at radius 1 is 1.00 bits per heavy atom. The fraction of sp³-hybridized carbons (Fsp3) is 0.409. The number of methoxy groups -OCH3 is 2. The smallest absolute Gasteiger partial charge is 0.319 e. The predicted molar refractivity (Wildman–Crippen MR) is 112 cm³/mol. The molecule has 2 aromatic carbocycles. The Bertz CT molecular complexity index is 786. The molecule has 0 aliphatic heterocycles. The van der Waals surface area contributed by atoms with E-state index in [9.17, 15) is 4.79 Å². The number of carbonyl (C=O) groups is 1. The molecule has 0 aromatic heterocycles. The first-order valence-electron chi connectivity index (χ1n) is 9.29. The number of urea groups is 1. The first-order chi connectivity index (χ1) is 13.2. The van der Waals surface area contributed by atoms with Gasteiger partial charge in [0.1, 0.15) is 5.75 Å². The van der Waals surface area contributed by atoms with Crippen LogP contribution in [-0.2, 0) is 5.41 Å². The predicted octanol–water partition coefficient (Wildman–Crippen LogP) is 4.59. The summed E-state index contributed by atoms with van der Waals surface area (Å²) in [7, 11) is 3.22. The highest BCUT2D eigenvalue weighted by Gasteiger charge is 2.23. The van der Waals surface area contributed by atoms with Crippen LogP contribution in [0.25, 0.3) is 0 Å². The van der Waals surface area contributed by atoms with Crippen LogP contribution in [0.3, 0.4) is 0 Å². The summed E-state index contributed by atoms with van der Waals surface area (Å²) in [6, 6.07) is 12.8. The van der Waals surface area contributed by atoms with Crippen LogP contribution < -0.4 is 24.8 Å². The highest BCUT2D eigenvalue weighted by atomic mass is 16.5. The van der Waals surface area contributed by atoms with Crippen LogP contribution in [0.5, 0.6) is 17.2 Å². The fourth-order valence-electron chi connectivity index (χ4n) is 2.72. The van der Waals surface area contributed by atoms with Gasteiger partial charge in [-0.3, -0.25) is 0 Å². The Morgan fingerprint density at radius 2 is 1.64 bits per heavy atom. The van der Waals surface area contributed by atoms with Gasteiger partial charge in [-0.15, -0.1) is 0 Å². The number of carbonyl (C=O) groups excluding carboxylic acids is 1. The van der Waals surface area contributed by atoms with Crippen LogP contribution in [0.2, 0.25) is 0 Å². The first kappa shape index (κ1) is 21.4. The van der Waals surface area contributed by atoms with Crippen molar-refractivity contribution in [1.82, 2.24) is 5.32 Å². The van der Waals surface area contributed by atoms with Gasteiger partial charge >= 0.3 is 6.03 Å². The van der Waals surface area contributed by atoms with Gasteiger partial charge in [0.15, 0.2) is 11.5 Å². The van der Waals surface area contributed by atoms with Gasteiger partial charge in [0.25, 0.3) is 0 Å². The fourth-order valence-corrected chi connectivity index (χ4v) is 2.72. The minimum absolute atomic E-state index is 0.112. The van der Waals surface area contributed by atoms with Gasteiger partial charge in [-0.1, -0.05) is 19.9 Å². The standard InChI is InChI=1S/C22H30N2O4/c1-15(2)28-18-10-8-17(9-11-18)24-21(25)23-14-22(3,4)16-7-12-19(26-5)20(13-16)27-6/h7-13,15H,14H2,1-6H3,(H2,23,24,25). The number of anilines is 1. The number of rotatable bonds is 8. The van der Waals surface area contributed by atoms with Crippen LogP contribution in [0, 0.1) is 0 Å². The Morgan fingerprint density at radius 3 is 2.21 bits per heavy atom. The topological polar surface area (TPSA) is 68.8 Å².